The van der Waals surface area contributed by atoms with Gasteiger partial charge in [-0.15, -0.1) is 0 Å². The van der Waals surface area contributed by atoms with Crippen LogP contribution in [0.3, 0.4) is 0 Å². The summed E-state index contributed by atoms with van der Waals surface area (Å²) in [7, 11) is 2.03. The summed E-state index contributed by atoms with van der Waals surface area (Å²) in [6, 6.07) is 3.84. The normalized spacial score (nSPS) is 17.6. The molecule has 0 aromatic heterocycles. The zero-order valence-corrected chi connectivity index (χ0v) is 10.3. The summed E-state index contributed by atoms with van der Waals surface area (Å²) in [4.78, 5) is 14.1. The second-order valence-corrected chi connectivity index (χ2v) is 4.47. The van der Waals surface area contributed by atoms with Gasteiger partial charge in [0.25, 0.3) is 5.91 Å². The van der Waals surface area contributed by atoms with Crippen LogP contribution in [-0.2, 0) is 0 Å². The first-order valence-corrected chi connectivity index (χ1v) is 5.82. The summed E-state index contributed by atoms with van der Waals surface area (Å²) in [6.45, 7) is 3.30. The van der Waals surface area contributed by atoms with Crippen molar-refractivity contribution in [1.29, 1.82) is 0 Å². The molecule has 1 aliphatic heterocycles. The van der Waals surface area contributed by atoms with Gasteiger partial charge in [-0.05, 0) is 19.2 Å². The minimum Gasteiger partial charge on any atom is -0.508 e. The number of piperazine rings is 1. The van der Waals surface area contributed by atoms with Crippen LogP contribution in [0.2, 0.25) is 0 Å². The predicted molar refractivity (Wildman–Crippen MR) is 66.3 cm³/mol. The summed E-state index contributed by atoms with van der Waals surface area (Å²) in [5, 5.41) is 20.5. The topological polar surface area (TPSA) is 76.0 Å². The van der Waals surface area contributed by atoms with Crippen LogP contribution < -0.4 is 5.43 Å². The Hall–Kier alpha value is -1.79. The fourth-order valence-electron chi connectivity index (χ4n) is 1.85. The Labute approximate surface area is 105 Å². The van der Waals surface area contributed by atoms with E-state index in [2.05, 4.69) is 10.3 Å². The molecule has 0 radical (unpaired) electrons. The number of benzene rings is 1. The molecule has 1 amide bonds. The number of nitrogens with zero attached hydrogens (tertiary/aromatic N) is 2. The molecule has 0 bridgehead atoms. The van der Waals surface area contributed by atoms with Crippen LogP contribution in [0.25, 0.3) is 0 Å². The number of carbonyl (C=O) groups excluding carboxylic acids is 1. The number of phenols is 2. The van der Waals surface area contributed by atoms with Crippen molar-refractivity contribution in [2.75, 3.05) is 33.2 Å². The van der Waals surface area contributed by atoms with Crippen LogP contribution >= 0.6 is 0 Å². The van der Waals surface area contributed by atoms with Crippen LogP contribution in [0.1, 0.15) is 10.4 Å². The van der Waals surface area contributed by atoms with E-state index in [4.69, 9.17) is 0 Å². The fourth-order valence-corrected chi connectivity index (χ4v) is 1.85. The maximum atomic E-state index is 11.9. The van der Waals surface area contributed by atoms with Gasteiger partial charge in [0.2, 0.25) is 0 Å². The van der Waals surface area contributed by atoms with Crippen LogP contribution in [0.15, 0.2) is 18.2 Å². The Bertz CT molecular complexity index is 422. The van der Waals surface area contributed by atoms with Gasteiger partial charge in [-0.2, -0.15) is 0 Å². The fraction of sp³-hybridized carbons (Fsp3) is 0.417. The van der Waals surface area contributed by atoms with Gasteiger partial charge in [-0.1, -0.05) is 0 Å². The van der Waals surface area contributed by atoms with Crippen LogP contribution in [0.4, 0.5) is 0 Å². The van der Waals surface area contributed by atoms with Gasteiger partial charge >= 0.3 is 0 Å². The molecule has 6 nitrogen and oxygen atoms in total. The summed E-state index contributed by atoms with van der Waals surface area (Å²) in [5.41, 5.74) is 3.00. The van der Waals surface area contributed by atoms with Crippen molar-refractivity contribution in [2.24, 2.45) is 0 Å². The summed E-state index contributed by atoms with van der Waals surface area (Å²) >= 11 is 0. The third-order valence-electron chi connectivity index (χ3n) is 2.93. The van der Waals surface area contributed by atoms with E-state index in [-0.39, 0.29) is 23.0 Å². The number of phenolic OH excluding ortho intramolecular Hbond substituents is 2. The van der Waals surface area contributed by atoms with E-state index in [1.54, 1.807) is 0 Å². The standard InChI is InChI=1S/C12H17N3O3/c1-14-2-4-15(5-3-14)13-12(18)9-6-10(16)8-11(17)7-9/h6-8,16-17H,2-5H2,1H3,(H,13,18). The number of aromatic hydroxyl groups is 2. The van der Waals surface area contributed by atoms with Gasteiger partial charge in [0.1, 0.15) is 11.5 Å². The molecule has 0 unspecified atom stereocenters. The molecular weight excluding hydrogens is 234 g/mol. The molecule has 18 heavy (non-hydrogen) atoms. The van der Waals surface area contributed by atoms with E-state index in [1.165, 1.54) is 18.2 Å². The average Bonchev–Trinajstić information content (AvgIpc) is 2.31. The Morgan fingerprint density at radius 1 is 1.11 bits per heavy atom. The van der Waals surface area contributed by atoms with E-state index in [0.29, 0.717) is 0 Å². The molecule has 0 spiro atoms. The van der Waals surface area contributed by atoms with Crippen LogP contribution in [-0.4, -0.2) is 59.3 Å². The van der Waals surface area contributed by atoms with E-state index in [1.807, 2.05) is 12.1 Å². The molecule has 1 fully saturated rings. The second kappa shape index (κ2) is 5.24. The van der Waals surface area contributed by atoms with Crippen molar-refractivity contribution < 1.29 is 15.0 Å². The van der Waals surface area contributed by atoms with Gasteiger partial charge in [0.05, 0.1) is 0 Å². The quantitative estimate of drug-likeness (QED) is 0.689. The molecule has 1 heterocycles. The lowest BCUT2D eigenvalue weighted by atomic mass is 10.2. The van der Waals surface area contributed by atoms with Crippen molar-refractivity contribution in [3.05, 3.63) is 23.8 Å². The van der Waals surface area contributed by atoms with Gasteiger partial charge in [0.15, 0.2) is 0 Å². The summed E-state index contributed by atoms with van der Waals surface area (Å²) in [5.74, 6) is -0.581. The van der Waals surface area contributed by atoms with Crippen LogP contribution in [0.5, 0.6) is 11.5 Å². The first-order valence-electron chi connectivity index (χ1n) is 5.82. The molecule has 0 atom stereocenters. The number of hydrogen-bond donors (Lipinski definition) is 3. The number of hydrogen-bond acceptors (Lipinski definition) is 5. The van der Waals surface area contributed by atoms with Gasteiger partial charge in [-0.3, -0.25) is 10.2 Å². The Morgan fingerprint density at radius 2 is 1.67 bits per heavy atom. The Morgan fingerprint density at radius 3 is 2.22 bits per heavy atom. The number of carbonyl (C=O) groups is 1. The van der Waals surface area contributed by atoms with Crippen molar-refractivity contribution in [3.63, 3.8) is 0 Å². The predicted octanol–water partition coefficient (Wildman–Crippen LogP) is -0.0100. The molecule has 1 aliphatic rings. The first kappa shape index (κ1) is 12.7. The van der Waals surface area contributed by atoms with Crippen molar-refractivity contribution in [1.82, 2.24) is 15.3 Å². The Kier molecular flexibility index (Phi) is 3.69. The minimum absolute atomic E-state index is 0.126. The molecule has 1 aromatic carbocycles. The largest absolute Gasteiger partial charge is 0.508 e. The highest BCUT2D eigenvalue weighted by Crippen LogP contribution is 2.20. The minimum atomic E-state index is -0.328. The smallest absolute Gasteiger partial charge is 0.265 e. The molecule has 0 saturated carbocycles. The third kappa shape index (κ3) is 3.12. The molecule has 98 valence electrons. The molecule has 6 heteroatoms. The first-order chi connectivity index (χ1) is 8.54. The lowest BCUT2D eigenvalue weighted by molar-refractivity contribution is 0.0662. The SMILES string of the molecule is CN1CCN(NC(=O)c2cc(O)cc(O)c2)CC1. The molecule has 0 aliphatic carbocycles. The second-order valence-electron chi connectivity index (χ2n) is 4.47. The van der Waals surface area contributed by atoms with E-state index in [0.717, 1.165) is 26.2 Å². The van der Waals surface area contributed by atoms with Crippen molar-refractivity contribution in [3.8, 4) is 11.5 Å². The summed E-state index contributed by atoms with van der Waals surface area (Å²) in [6.07, 6.45) is 0. The highest BCUT2D eigenvalue weighted by molar-refractivity contribution is 5.94. The molecule has 1 aromatic rings. The zero-order chi connectivity index (χ0) is 13.1. The number of hydrazine groups is 1. The molecule has 2 rings (SSSR count). The number of amides is 1. The maximum Gasteiger partial charge on any atom is 0.265 e. The maximum absolute atomic E-state index is 11.9. The zero-order valence-electron chi connectivity index (χ0n) is 10.3. The number of likely N-dealkylation sites (N-methyl/N-ethyl adjacent to an activating group) is 1. The average molecular weight is 251 g/mol. The van der Waals surface area contributed by atoms with E-state index < -0.39 is 0 Å². The highest BCUT2D eigenvalue weighted by Gasteiger charge is 2.17. The monoisotopic (exact) mass is 251 g/mol. The highest BCUT2D eigenvalue weighted by atomic mass is 16.3. The lowest BCUT2D eigenvalue weighted by Crippen LogP contribution is -2.52. The third-order valence-corrected chi connectivity index (χ3v) is 2.93. The van der Waals surface area contributed by atoms with E-state index >= 15 is 0 Å². The van der Waals surface area contributed by atoms with E-state index in [9.17, 15) is 15.0 Å². The van der Waals surface area contributed by atoms with Crippen molar-refractivity contribution >= 4 is 5.91 Å². The molecular formula is C12H17N3O3. The Balaban J connectivity index is 1.99. The molecule has 3 N–H and O–H groups in total. The van der Waals surface area contributed by atoms with Crippen molar-refractivity contribution in [2.45, 2.75) is 0 Å². The van der Waals surface area contributed by atoms with Gasteiger partial charge < -0.3 is 15.1 Å². The number of rotatable bonds is 2. The van der Waals surface area contributed by atoms with Crippen LogP contribution in [0, 0.1) is 0 Å². The van der Waals surface area contributed by atoms with Gasteiger partial charge in [0, 0.05) is 37.8 Å². The summed E-state index contributed by atoms with van der Waals surface area (Å²) < 4.78 is 0. The van der Waals surface area contributed by atoms with Gasteiger partial charge in [-0.25, -0.2) is 5.01 Å². The number of nitrogens with one attached hydrogen (secondary N) is 1. The molecule has 1 saturated heterocycles. The lowest BCUT2D eigenvalue weighted by Gasteiger charge is -2.32.